The van der Waals surface area contributed by atoms with Crippen LogP contribution in [0, 0.1) is 29.6 Å². The van der Waals surface area contributed by atoms with Crippen LogP contribution in [-0.2, 0) is 71.3 Å². The number of alkyl halides is 1. The highest BCUT2D eigenvalue weighted by molar-refractivity contribution is 6.18. The summed E-state index contributed by atoms with van der Waals surface area (Å²) < 4.78 is 55.9. The Balaban J connectivity index is 0.000000994. The number of ether oxygens (including phenoxy) is 10. The number of carbonyl (C=O) groups excluding carboxylic acids is 10. The summed E-state index contributed by atoms with van der Waals surface area (Å²) in [6.45, 7) is 0. The van der Waals surface area contributed by atoms with Crippen molar-refractivity contribution in [2.24, 2.45) is 29.6 Å². The Morgan fingerprint density at radius 2 is 0.648 bits per heavy atom. The molecule has 1 saturated carbocycles. The maximum atomic E-state index is 12.4. The van der Waals surface area contributed by atoms with Crippen molar-refractivity contribution in [2.75, 3.05) is 78.3 Å². The van der Waals surface area contributed by atoms with Crippen LogP contribution in [0.5, 0.6) is 0 Å². The summed E-state index contributed by atoms with van der Waals surface area (Å²) >= 11 is 0. The first kappa shape index (κ1) is 47.8. The van der Waals surface area contributed by atoms with Crippen LogP contribution in [0.15, 0.2) is 6.07 Å². The van der Waals surface area contributed by atoms with Gasteiger partial charge in [-0.1, -0.05) is 0 Å². The molecular weight excluding hydrogens is 735 g/mol. The summed E-state index contributed by atoms with van der Waals surface area (Å²) in [7, 11) is 10.9. The standard InChI is InChI=1S/C16H22O10.C16H16O10.CH3F/c2*1-22-12(17)7-6-8(13(18)23-2)10(15(20)25-4)11(16(21)26-5)9(7)14(19)24-3;1-2/h7-11H,6H2,1-5H3;6H,1-5H3;1H3. The van der Waals surface area contributed by atoms with Gasteiger partial charge < -0.3 is 47.4 Å². The maximum absolute atomic E-state index is 12.4. The summed E-state index contributed by atoms with van der Waals surface area (Å²) in [5.41, 5.74) is -2.89. The first-order valence-electron chi connectivity index (χ1n) is 15.0. The number of hydrogen-bond donors (Lipinski definition) is 0. The molecule has 0 amide bonds. The molecule has 2 rings (SSSR count). The van der Waals surface area contributed by atoms with E-state index in [1.807, 2.05) is 0 Å². The van der Waals surface area contributed by atoms with Gasteiger partial charge in [-0.25, -0.2) is 24.0 Å². The molecule has 4 atom stereocenters. The normalized spacial score (nSPS) is 18.1. The van der Waals surface area contributed by atoms with Crippen molar-refractivity contribution in [3.63, 3.8) is 0 Å². The highest BCUT2D eigenvalue weighted by atomic mass is 19.1. The molecule has 21 heteroatoms. The molecule has 54 heavy (non-hydrogen) atoms. The molecule has 20 nitrogen and oxygen atoms in total. The fraction of sp³-hybridized carbons (Fsp3) is 0.515. The zero-order chi connectivity index (χ0) is 42.0. The van der Waals surface area contributed by atoms with Crippen LogP contribution in [-0.4, -0.2) is 138 Å². The molecule has 1 aliphatic rings. The van der Waals surface area contributed by atoms with Gasteiger partial charge in [0.05, 0.1) is 136 Å². The Hall–Kier alpha value is -6.15. The quantitative estimate of drug-likeness (QED) is 0.232. The van der Waals surface area contributed by atoms with Crippen molar-refractivity contribution in [3.8, 4) is 0 Å². The largest absolute Gasteiger partial charge is 0.469 e. The lowest BCUT2D eigenvalue weighted by molar-refractivity contribution is -0.185. The summed E-state index contributed by atoms with van der Waals surface area (Å²) in [6, 6.07) is 0.878. The second kappa shape index (κ2) is 22.7. The molecule has 0 N–H and O–H groups in total. The van der Waals surface area contributed by atoms with Crippen molar-refractivity contribution in [2.45, 2.75) is 6.42 Å². The molecule has 300 valence electrons. The van der Waals surface area contributed by atoms with E-state index in [9.17, 15) is 52.3 Å². The van der Waals surface area contributed by atoms with Crippen molar-refractivity contribution in [1.82, 2.24) is 0 Å². The van der Waals surface area contributed by atoms with Gasteiger partial charge in [0.2, 0.25) is 0 Å². The van der Waals surface area contributed by atoms with Crippen LogP contribution in [0.1, 0.15) is 58.2 Å². The van der Waals surface area contributed by atoms with Crippen LogP contribution >= 0.6 is 0 Å². The van der Waals surface area contributed by atoms with Crippen LogP contribution in [0.4, 0.5) is 4.39 Å². The molecule has 0 heterocycles. The zero-order valence-corrected chi connectivity index (χ0v) is 31.2. The van der Waals surface area contributed by atoms with Crippen molar-refractivity contribution < 1.29 is 99.7 Å². The summed E-state index contributed by atoms with van der Waals surface area (Å²) in [6.07, 6.45) is -0.258. The van der Waals surface area contributed by atoms with Crippen molar-refractivity contribution >= 4 is 59.7 Å². The Labute approximate surface area is 307 Å². The predicted molar refractivity (Wildman–Crippen MR) is 172 cm³/mol. The van der Waals surface area contributed by atoms with E-state index in [-0.39, 0.29) is 6.42 Å². The lowest BCUT2D eigenvalue weighted by Gasteiger charge is -2.40. The SMILES string of the molecule is CF.COC(=O)C1CC(C(=O)OC)C(C(=O)OC)C(C(=O)OC)C1C(=O)OC.COC(=O)c1cc(C(=O)OC)c(C(=O)OC)c(C(=O)OC)c1C(=O)OC. The number of rotatable bonds is 10. The molecule has 1 aliphatic carbocycles. The van der Waals surface area contributed by atoms with Gasteiger partial charge in [0, 0.05) is 0 Å². The third-order valence-corrected chi connectivity index (χ3v) is 7.88. The Morgan fingerprint density at radius 3 is 0.907 bits per heavy atom. The molecule has 0 aromatic heterocycles. The average Bonchev–Trinajstić information content (AvgIpc) is 3.22. The third-order valence-electron chi connectivity index (χ3n) is 7.88. The van der Waals surface area contributed by atoms with Gasteiger partial charge in [0.1, 0.15) is 0 Å². The molecule has 0 spiro atoms. The van der Waals surface area contributed by atoms with E-state index >= 15 is 0 Å². The van der Waals surface area contributed by atoms with E-state index in [1.165, 1.54) is 0 Å². The molecule has 0 saturated heterocycles. The Kier molecular flexibility index (Phi) is 20.1. The van der Waals surface area contributed by atoms with Crippen LogP contribution in [0.3, 0.4) is 0 Å². The van der Waals surface area contributed by atoms with Gasteiger partial charge in [-0.3, -0.25) is 28.4 Å². The average molecular weight is 777 g/mol. The number of hydrogen-bond acceptors (Lipinski definition) is 20. The number of methoxy groups -OCH3 is 10. The molecule has 0 radical (unpaired) electrons. The van der Waals surface area contributed by atoms with Gasteiger partial charge in [-0.2, -0.15) is 0 Å². The lowest BCUT2D eigenvalue weighted by atomic mass is 9.61. The number of halogens is 1. The highest BCUT2D eigenvalue weighted by Gasteiger charge is 2.59. The maximum Gasteiger partial charge on any atom is 0.339 e. The van der Waals surface area contributed by atoms with E-state index in [4.69, 9.17) is 23.7 Å². The summed E-state index contributed by atoms with van der Waals surface area (Å²) in [5.74, 6) is -16.7. The van der Waals surface area contributed by atoms with Gasteiger partial charge >= 0.3 is 59.7 Å². The third kappa shape index (κ3) is 10.5. The molecule has 1 aromatic rings. The zero-order valence-electron chi connectivity index (χ0n) is 31.2. The second-order valence-electron chi connectivity index (χ2n) is 10.2. The van der Waals surface area contributed by atoms with E-state index in [2.05, 4.69) is 23.7 Å². The lowest BCUT2D eigenvalue weighted by Crippen LogP contribution is -2.54. The van der Waals surface area contributed by atoms with Gasteiger partial charge in [0.15, 0.2) is 0 Å². The predicted octanol–water partition coefficient (Wildman–Crippen LogP) is 0.541. The first-order chi connectivity index (χ1) is 25.6. The fourth-order valence-electron chi connectivity index (χ4n) is 5.56. The van der Waals surface area contributed by atoms with Crippen LogP contribution in [0.2, 0.25) is 0 Å². The molecule has 0 bridgehead atoms. The minimum Gasteiger partial charge on any atom is -0.469 e. The van der Waals surface area contributed by atoms with E-state index in [0.29, 0.717) is 7.18 Å². The van der Waals surface area contributed by atoms with E-state index in [0.717, 1.165) is 77.2 Å². The van der Waals surface area contributed by atoms with Gasteiger partial charge in [0.25, 0.3) is 0 Å². The van der Waals surface area contributed by atoms with Crippen molar-refractivity contribution in [1.29, 1.82) is 0 Å². The number of esters is 10. The minimum absolute atomic E-state index is 0.258. The molecule has 4 unspecified atom stereocenters. The Morgan fingerprint density at radius 1 is 0.389 bits per heavy atom. The van der Waals surface area contributed by atoms with Crippen LogP contribution < -0.4 is 0 Å². The molecule has 0 aliphatic heterocycles. The molecule has 1 fully saturated rings. The molecule has 1 aromatic carbocycles. The second-order valence-corrected chi connectivity index (χ2v) is 10.2. The monoisotopic (exact) mass is 776 g/mol. The fourth-order valence-corrected chi connectivity index (χ4v) is 5.56. The number of benzene rings is 1. The first-order valence-corrected chi connectivity index (χ1v) is 15.0. The number of carbonyl (C=O) groups is 10. The van der Waals surface area contributed by atoms with E-state index in [1.54, 1.807) is 0 Å². The highest BCUT2D eigenvalue weighted by Crippen LogP contribution is 2.45. The Bertz CT molecular complexity index is 1500. The van der Waals surface area contributed by atoms with Gasteiger partial charge in [-0.15, -0.1) is 0 Å². The van der Waals surface area contributed by atoms with Crippen molar-refractivity contribution in [3.05, 3.63) is 33.9 Å². The summed E-state index contributed by atoms with van der Waals surface area (Å²) in [4.78, 5) is 122. The van der Waals surface area contributed by atoms with Crippen LogP contribution in [0.25, 0.3) is 0 Å². The topological polar surface area (TPSA) is 263 Å². The summed E-state index contributed by atoms with van der Waals surface area (Å²) in [5, 5.41) is 0. The molecular formula is C33H41FO20. The smallest absolute Gasteiger partial charge is 0.339 e. The minimum atomic E-state index is -1.48. The van der Waals surface area contributed by atoms with E-state index < -0.39 is 117 Å². The van der Waals surface area contributed by atoms with Gasteiger partial charge in [-0.05, 0) is 12.5 Å².